The number of benzene rings is 2. The number of rotatable bonds is 10. The molecule has 3 aliphatic heterocycles. The largest absolute Gasteiger partial charge is 0.374 e. The molecule has 2 saturated heterocycles. The first-order valence-electron chi connectivity index (χ1n) is 17.3. The van der Waals surface area contributed by atoms with Crippen molar-refractivity contribution in [2.24, 2.45) is 10.9 Å². The summed E-state index contributed by atoms with van der Waals surface area (Å²) in [5.41, 5.74) is 2.06. The molecule has 1 N–H and O–H groups in total. The molecule has 4 heterocycles. The molecule has 0 bridgehead atoms. The lowest BCUT2D eigenvalue weighted by molar-refractivity contribution is -0.151. The summed E-state index contributed by atoms with van der Waals surface area (Å²) in [5.74, 6) is 0.334. The fourth-order valence-corrected chi connectivity index (χ4v) is 8.81. The van der Waals surface area contributed by atoms with E-state index in [-0.39, 0.29) is 31.2 Å². The predicted octanol–water partition coefficient (Wildman–Crippen LogP) is 5.62. The summed E-state index contributed by atoms with van der Waals surface area (Å²) in [5, 5.41) is 5.29. The summed E-state index contributed by atoms with van der Waals surface area (Å²) in [6, 6.07) is 18.0. The number of fused-ring (bicyclic) bond motifs is 1. The third-order valence-electron chi connectivity index (χ3n) is 10.2. The smallest absolute Gasteiger partial charge is 0.253 e. The number of piperidine rings is 1. The minimum atomic E-state index is -3.69. The SMILES string of the molecule is CC1(C)O[C@@H](COCc2ccccc2)[C@H](Cn2ccc3c(/C=C/S(=O)(=O)N4CCC5(CC4)N=C(C4CCCCC4)NC5=O)cccc32)O1. The van der Waals surface area contributed by atoms with Crippen LogP contribution in [0.5, 0.6) is 0 Å². The van der Waals surface area contributed by atoms with E-state index in [0.29, 0.717) is 38.5 Å². The number of nitrogens with zero attached hydrogens (tertiary/aromatic N) is 3. The Morgan fingerprint density at radius 3 is 2.50 bits per heavy atom. The number of amides is 1. The monoisotopic (exact) mass is 674 g/mol. The Morgan fingerprint density at radius 1 is 0.979 bits per heavy atom. The minimum Gasteiger partial charge on any atom is -0.374 e. The van der Waals surface area contributed by atoms with Crippen molar-refractivity contribution in [2.45, 2.75) is 95.5 Å². The summed E-state index contributed by atoms with van der Waals surface area (Å²) in [6.07, 6.45) is 9.68. The number of carbonyl (C=O) groups excluding carboxylic acids is 1. The van der Waals surface area contributed by atoms with E-state index in [0.717, 1.165) is 53.5 Å². The van der Waals surface area contributed by atoms with Gasteiger partial charge in [-0.25, -0.2) is 8.42 Å². The van der Waals surface area contributed by atoms with Gasteiger partial charge in [0.2, 0.25) is 10.0 Å². The molecule has 3 fully saturated rings. The van der Waals surface area contributed by atoms with Crippen LogP contribution in [0.1, 0.15) is 69.9 Å². The highest BCUT2D eigenvalue weighted by molar-refractivity contribution is 7.92. The van der Waals surface area contributed by atoms with Crippen LogP contribution in [0.3, 0.4) is 0 Å². The molecule has 1 saturated carbocycles. The topological polar surface area (TPSA) is 111 Å². The molecule has 10 nitrogen and oxygen atoms in total. The Hall–Kier alpha value is -3.35. The summed E-state index contributed by atoms with van der Waals surface area (Å²) < 4.78 is 49.0. The highest BCUT2D eigenvalue weighted by atomic mass is 32.2. The van der Waals surface area contributed by atoms with E-state index in [4.69, 9.17) is 19.2 Å². The van der Waals surface area contributed by atoms with Crippen LogP contribution in [0, 0.1) is 5.92 Å². The maximum absolute atomic E-state index is 13.5. The Bertz CT molecular complexity index is 1790. The molecule has 1 amide bonds. The molecule has 1 aromatic heterocycles. The number of aliphatic imine (C=N–C) groups is 1. The minimum absolute atomic E-state index is 0.0731. The number of sulfonamides is 1. The van der Waals surface area contributed by atoms with E-state index < -0.39 is 21.3 Å². The van der Waals surface area contributed by atoms with Crippen LogP contribution in [0.2, 0.25) is 0 Å². The highest BCUT2D eigenvalue weighted by Gasteiger charge is 2.48. The van der Waals surface area contributed by atoms with E-state index in [2.05, 4.69) is 9.88 Å². The normalized spacial score (nSPS) is 24.9. The molecule has 4 aliphatic rings. The van der Waals surface area contributed by atoms with Crippen LogP contribution in [-0.2, 0) is 42.2 Å². The zero-order valence-corrected chi connectivity index (χ0v) is 28.7. The van der Waals surface area contributed by atoms with Gasteiger partial charge >= 0.3 is 0 Å². The van der Waals surface area contributed by atoms with Crippen molar-refractivity contribution < 1.29 is 27.4 Å². The number of hydrogen-bond acceptors (Lipinski definition) is 7. The predicted molar refractivity (Wildman–Crippen MR) is 186 cm³/mol. The van der Waals surface area contributed by atoms with Crippen molar-refractivity contribution in [1.82, 2.24) is 14.2 Å². The van der Waals surface area contributed by atoms with Crippen molar-refractivity contribution >= 4 is 38.7 Å². The second-order valence-corrected chi connectivity index (χ2v) is 15.8. The van der Waals surface area contributed by atoms with Gasteiger partial charge in [0, 0.05) is 41.5 Å². The van der Waals surface area contributed by atoms with Gasteiger partial charge < -0.3 is 24.1 Å². The van der Waals surface area contributed by atoms with Gasteiger partial charge in [-0.15, -0.1) is 0 Å². The maximum Gasteiger partial charge on any atom is 0.253 e. The van der Waals surface area contributed by atoms with Crippen LogP contribution >= 0.6 is 0 Å². The fourth-order valence-electron chi connectivity index (χ4n) is 7.62. The van der Waals surface area contributed by atoms with Crippen molar-refractivity contribution in [3.05, 3.63) is 77.3 Å². The maximum atomic E-state index is 13.5. The first-order chi connectivity index (χ1) is 23.1. The molecule has 7 rings (SSSR count). The number of hydrogen-bond donors (Lipinski definition) is 1. The standard InChI is InChI=1S/C37H46N4O6S/c1-36(2)46-32(33(47-36)26-45-25-27-10-5-3-6-11-27)24-40-20-16-30-28(14-9-15-31(30)40)17-23-48(43,44)41-21-18-37(19-22-41)35(42)38-34(39-37)29-12-7-4-8-13-29/h3,5-6,9-11,14-17,20,23,29,32-33H,4,7-8,12-13,18-19,21-22,24-26H2,1-2H3,(H,38,39,42)/b23-17+/t32-,33-/m0/s1. The zero-order valence-electron chi connectivity index (χ0n) is 27.8. The Labute approximate surface area is 283 Å². The van der Waals surface area contributed by atoms with Crippen LogP contribution in [0.15, 0.2) is 71.2 Å². The lowest BCUT2D eigenvalue weighted by Crippen LogP contribution is -2.50. The van der Waals surface area contributed by atoms with E-state index >= 15 is 0 Å². The van der Waals surface area contributed by atoms with Gasteiger partial charge in [0.05, 0.1) is 19.8 Å². The average molecular weight is 675 g/mol. The van der Waals surface area contributed by atoms with Crippen LogP contribution < -0.4 is 5.32 Å². The third kappa shape index (κ3) is 7.02. The first kappa shape index (κ1) is 33.2. The van der Waals surface area contributed by atoms with Crippen molar-refractivity contribution in [1.29, 1.82) is 0 Å². The van der Waals surface area contributed by atoms with Gasteiger partial charge in [-0.2, -0.15) is 4.31 Å². The first-order valence-corrected chi connectivity index (χ1v) is 18.8. The molecule has 1 spiro atoms. The molecule has 0 unspecified atom stereocenters. The van der Waals surface area contributed by atoms with Gasteiger partial charge in [-0.05, 0) is 68.9 Å². The molecule has 0 radical (unpaired) electrons. The fraction of sp³-hybridized carbons (Fsp3) is 0.514. The second-order valence-electron chi connectivity index (χ2n) is 14.0. The van der Waals surface area contributed by atoms with Gasteiger partial charge in [-0.1, -0.05) is 61.7 Å². The van der Waals surface area contributed by atoms with E-state index in [1.807, 2.05) is 74.6 Å². The second kappa shape index (κ2) is 13.5. The van der Waals surface area contributed by atoms with Crippen molar-refractivity contribution in [3.63, 3.8) is 0 Å². The highest BCUT2D eigenvalue weighted by Crippen LogP contribution is 2.35. The molecule has 48 heavy (non-hydrogen) atoms. The number of ether oxygens (including phenoxy) is 3. The lowest BCUT2D eigenvalue weighted by Gasteiger charge is -2.34. The quantitative estimate of drug-likeness (QED) is 0.299. The number of nitrogens with one attached hydrogen (secondary N) is 1. The summed E-state index contributed by atoms with van der Waals surface area (Å²) >= 11 is 0. The van der Waals surface area contributed by atoms with Crippen LogP contribution in [0.25, 0.3) is 17.0 Å². The lowest BCUT2D eigenvalue weighted by atomic mass is 9.88. The van der Waals surface area contributed by atoms with E-state index in [1.54, 1.807) is 6.08 Å². The number of amidine groups is 1. The molecule has 1 aliphatic carbocycles. The van der Waals surface area contributed by atoms with Crippen LogP contribution in [0.4, 0.5) is 0 Å². The van der Waals surface area contributed by atoms with E-state index in [9.17, 15) is 13.2 Å². The zero-order chi connectivity index (χ0) is 33.4. The van der Waals surface area contributed by atoms with E-state index in [1.165, 1.54) is 16.1 Å². The van der Waals surface area contributed by atoms with Gasteiger partial charge in [0.15, 0.2) is 5.79 Å². The van der Waals surface area contributed by atoms with Gasteiger partial charge in [0.25, 0.3) is 5.91 Å². The Balaban J connectivity index is 1.00. The molecular weight excluding hydrogens is 628 g/mol. The molecule has 3 aromatic rings. The summed E-state index contributed by atoms with van der Waals surface area (Å²) in [6.45, 7) is 5.83. The molecule has 2 atom stereocenters. The number of carbonyl (C=O) groups is 1. The molecule has 11 heteroatoms. The Kier molecular flexibility index (Phi) is 9.34. The Morgan fingerprint density at radius 2 is 1.73 bits per heavy atom. The van der Waals surface area contributed by atoms with Crippen molar-refractivity contribution in [3.8, 4) is 0 Å². The summed E-state index contributed by atoms with van der Waals surface area (Å²) in [7, 11) is -3.69. The third-order valence-corrected chi connectivity index (χ3v) is 11.8. The van der Waals surface area contributed by atoms with Gasteiger partial charge in [0.1, 0.15) is 23.6 Å². The molecular formula is C37H46N4O6S. The number of aromatic nitrogens is 1. The molecule has 256 valence electrons. The van der Waals surface area contributed by atoms with Crippen molar-refractivity contribution in [2.75, 3.05) is 19.7 Å². The van der Waals surface area contributed by atoms with Gasteiger partial charge in [-0.3, -0.25) is 9.79 Å². The average Bonchev–Trinajstić information content (AvgIpc) is 3.74. The summed E-state index contributed by atoms with van der Waals surface area (Å²) in [4.78, 5) is 17.9. The van der Waals surface area contributed by atoms with Crippen LogP contribution in [-0.4, -0.2) is 72.3 Å². The molecule has 2 aromatic carbocycles.